The Balaban J connectivity index is 2.26. The molecule has 0 radical (unpaired) electrons. The molecule has 0 aliphatic heterocycles. The summed E-state index contributed by atoms with van der Waals surface area (Å²) in [4.78, 5) is 0. The highest BCUT2D eigenvalue weighted by Gasteiger charge is 2.09. The lowest BCUT2D eigenvalue weighted by Crippen LogP contribution is -2.04. The molecule has 2 aromatic rings. The number of nitrogens with zero attached hydrogens (tertiary/aromatic N) is 1. The lowest BCUT2D eigenvalue weighted by atomic mass is 10.1. The van der Waals surface area contributed by atoms with Gasteiger partial charge in [0.25, 0.3) is 0 Å². The Morgan fingerprint density at radius 1 is 1.19 bits per heavy atom. The molecule has 2 aromatic carbocycles. The molecule has 0 atom stereocenters. The molecular weight excluding hydrogens is 332 g/mol. The van der Waals surface area contributed by atoms with E-state index in [1.54, 1.807) is 26.4 Å². The zero-order valence-corrected chi connectivity index (χ0v) is 13.4. The van der Waals surface area contributed by atoms with Crippen LogP contribution in [0, 0.1) is 11.3 Å². The highest BCUT2D eigenvalue weighted by Crippen LogP contribution is 2.30. The van der Waals surface area contributed by atoms with Gasteiger partial charge in [0.05, 0.1) is 25.5 Å². The van der Waals surface area contributed by atoms with Crippen LogP contribution >= 0.6 is 15.9 Å². The number of nitriles is 1. The van der Waals surface area contributed by atoms with Crippen LogP contribution in [0.3, 0.4) is 0 Å². The second-order valence-corrected chi connectivity index (χ2v) is 5.16. The minimum Gasteiger partial charge on any atom is -0.497 e. The summed E-state index contributed by atoms with van der Waals surface area (Å²) in [5, 5.41) is 12.5. The third kappa shape index (κ3) is 3.47. The summed E-state index contributed by atoms with van der Waals surface area (Å²) >= 11 is 3.51. The molecule has 0 heterocycles. The van der Waals surface area contributed by atoms with E-state index in [1.165, 1.54) is 0 Å². The van der Waals surface area contributed by atoms with Gasteiger partial charge in [0.2, 0.25) is 0 Å². The lowest BCUT2D eigenvalue weighted by Gasteiger charge is -2.14. The molecule has 0 aliphatic rings. The Morgan fingerprint density at radius 3 is 2.67 bits per heavy atom. The minimum atomic E-state index is 0.548. The van der Waals surface area contributed by atoms with Gasteiger partial charge in [0.15, 0.2) is 0 Å². The van der Waals surface area contributed by atoms with Crippen molar-refractivity contribution < 1.29 is 9.47 Å². The monoisotopic (exact) mass is 346 g/mol. The first-order valence-electron chi connectivity index (χ1n) is 6.33. The van der Waals surface area contributed by atoms with Crippen molar-refractivity contribution in [1.82, 2.24) is 0 Å². The van der Waals surface area contributed by atoms with Crippen molar-refractivity contribution in [2.75, 3.05) is 19.5 Å². The number of para-hydroxylation sites is 1. The average molecular weight is 347 g/mol. The first kappa shape index (κ1) is 15.2. The Morgan fingerprint density at radius 2 is 2.00 bits per heavy atom. The Bertz CT molecular complexity index is 680. The van der Waals surface area contributed by atoms with E-state index >= 15 is 0 Å². The van der Waals surface area contributed by atoms with Crippen LogP contribution in [0.25, 0.3) is 0 Å². The van der Waals surface area contributed by atoms with Crippen molar-refractivity contribution in [3.8, 4) is 17.6 Å². The number of halogens is 1. The fourth-order valence-corrected chi connectivity index (χ4v) is 2.36. The molecular formula is C16H15BrN2O2. The number of rotatable bonds is 5. The molecule has 0 spiro atoms. The van der Waals surface area contributed by atoms with Gasteiger partial charge in [-0.3, -0.25) is 0 Å². The van der Waals surface area contributed by atoms with Crippen molar-refractivity contribution >= 4 is 21.6 Å². The maximum Gasteiger partial charge on any atom is 0.143 e. The predicted molar refractivity (Wildman–Crippen MR) is 85.7 cm³/mol. The van der Waals surface area contributed by atoms with Gasteiger partial charge in [-0.25, -0.2) is 0 Å². The smallest absolute Gasteiger partial charge is 0.143 e. The number of ether oxygens (including phenoxy) is 2. The van der Waals surface area contributed by atoms with Gasteiger partial charge < -0.3 is 14.8 Å². The van der Waals surface area contributed by atoms with E-state index in [-0.39, 0.29) is 0 Å². The normalized spacial score (nSPS) is 9.81. The Kier molecular flexibility index (Phi) is 5.07. The molecule has 0 amide bonds. The molecule has 2 rings (SSSR count). The van der Waals surface area contributed by atoms with Crippen LogP contribution in [0.2, 0.25) is 0 Å². The molecule has 1 N–H and O–H groups in total. The first-order chi connectivity index (χ1) is 10.2. The zero-order chi connectivity index (χ0) is 15.2. The first-order valence-corrected chi connectivity index (χ1v) is 7.12. The Hall–Kier alpha value is -2.19. The summed E-state index contributed by atoms with van der Waals surface area (Å²) in [7, 11) is 3.22. The second-order valence-electron chi connectivity index (χ2n) is 4.31. The van der Waals surface area contributed by atoms with E-state index in [4.69, 9.17) is 9.47 Å². The molecule has 0 saturated heterocycles. The van der Waals surface area contributed by atoms with E-state index in [0.717, 1.165) is 15.8 Å². The topological polar surface area (TPSA) is 54.3 Å². The van der Waals surface area contributed by atoms with Crippen LogP contribution in [0.1, 0.15) is 11.1 Å². The largest absolute Gasteiger partial charge is 0.497 e. The number of hydrogen-bond donors (Lipinski definition) is 1. The fraction of sp³-hybridized carbons (Fsp3) is 0.188. The van der Waals surface area contributed by atoms with Gasteiger partial charge in [-0.05, 0) is 35.9 Å². The summed E-state index contributed by atoms with van der Waals surface area (Å²) in [5.41, 5.74) is 2.27. The van der Waals surface area contributed by atoms with Gasteiger partial charge >= 0.3 is 0 Å². The van der Waals surface area contributed by atoms with Crippen molar-refractivity contribution in [3.05, 3.63) is 52.0 Å². The van der Waals surface area contributed by atoms with Gasteiger partial charge in [0, 0.05) is 11.0 Å². The predicted octanol–water partition coefficient (Wildman–Crippen LogP) is 3.95. The molecule has 0 unspecified atom stereocenters. The van der Waals surface area contributed by atoms with Crippen LogP contribution in [0.5, 0.6) is 11.5 Å². The van der Waals surface area contributed by atoms with Gasteiger partial charge in [-0.1, -0.05) is 22.0 Å². The SMILES string of the molecule is COc1ccc(Br)c(CNc2c(C#N)cccc2OC)c1. The number of nitrogens with one attached hydrogen (secondary N) is 1. The van der Waals surface area contributed by atoms with Crippen molar-refractivity contribution in [2.24, 2.45) is 0 Å². The summed E-state index contributed by atoms with van der Waals surface area (Å²) < 4.78 is 11.5. The number of benzene rings is 2. The molecule has 5 heteroatoms. The number of hydrogen-bond acceptors (Lipinski definition) is 4. The molecule has 108 valence electrons. The molecule has 4 nitrogen and oxygen atoms in total. The van der Waals surface area contributed by atoms with E-state index in [1.807, 2.05) is 24.3 Å². The maximum atomic E-state index is 9.20. The van der Waals surface area contributed by atoms with Crippen LogP contribution in [-0.2, 0) is 6.54 Å². The summed E-state index contributed by atoms with van der Waals surface area (Å²) in [6.45, 7) is 0.548. The standard InChI is InChI=1S/C16H15BrN2O2/c1-20-13-6-7-14(17)12(8-13)10-19-16-11(9-18)4-3-5-15(16)21-2/h3-8,19H,10H2,1-2H3. The summed E-state index contributed by atoms with van der Waals surface area (Å²) in [6.07, 6.45) is 0. The average Bonchev–Trinajstić information content (AvgIpc) is 2.53. The second kappa shape index (κ2) is 7.00. The molecule has 0 bridgehead atoms. The van der Waals surface area contributed by atoms with Crippen LogP contribution in [0.4, 0.5) is 5.69 Å². The summed E-state index contributed by atoms with van der Waals surface area (Å²) in [5.74, 6) is 1.43. The number of methoxy groups -OCH3 is 2. The van der Waals surface area contributed by atoms with Crippen LogP contribution in [0.15, 0.2) is 40.9 Å². The quantitative estimate of drug-likeness (QED) is 0.890. The van der Waals surface area contributed by atoms with Gasteiger partial charge in [0.1, 0.15) is 17.6 Å². The van der Waals surface area contributed by atoms with E-state index in [0.29, 0.717) is 23.5 Å². The van der Waals surface area contributed by atoms with Crippen molar-refractivity contribution in [2.45, 2.75) is 6.54 Å². The highest BCUT2D eigenvalue weighted by atomic mass is 79.9. The van der Waals surface area contributed by atoms with E-state index in [9.17, 15) is 5.26 Å². The molecule has 0 aromatic heterocycles. The van der Waals surface area contributed by atoms with Crippen molar-refractivity contribution in [1.29, 1.82) is 5.26 Å². The number of anilines is 1. The molecule has 0 saturated carbocycles. The lowest BCUT2D eigenvalue weighted by molar-refractivity contribution is 0.414. The van der Waals surface area contributed by atoms with Gasteiger partial charge in [-0.2, -0.15) is 5.26 Å². The van der Waals surface area contributed by atoms with Crippen LogP contribution in [-0.4, -0.2) is 14.2 Å². The molecule has 0 fully saturated rings. The molecule has 0 aliphatic carbocycles. The van der Waals surface area contributed by atoms with E-state index < -0.39 is 0 Å². The summed E-state index contributed by atoms with van der Waals surface area (Å²) in [6, 6.07) is 13.3. The van der Waals surface area contributed by atoms with Gasteiger partial charge in [-0.15, -0.1) is 0 Å². The van der Waals surface area contributed by atoms with E-state index in [2.05, 4.69) is 27.3 Å². The van der Waals surface area contributed by atoms with Crippen LogP contribution < -0.4 is 14.8 Å². The fourth-order valence-electron chi connectivity index (χ4n) is 1.97. The highest BCUT2D eigenvalue weighted by molar-refractivity contribution is 9.10. The minimum absolute atomic E-state index is 0.548. The zero-order valence-electron chi connectivity index (χ0n) is 11.8. The van der Waals surface area contributed by atoms with Crippen molar-refractivity contribution in [3.63, 3.8) is 0 Å². The third-order valence-corrected chi connectivity index (χ3v) is 3.85. The third-order valence-electron chi connectivity index (χ3n) is 3.08. The maximum absolute atomic E-state index is 9.20. The Labute approximate surface area is 132 Å². The molecule has 21 heavy (non-hydrogen) atoms.